The Bertz CT molecular complexity index is 414. The van der Waals surface area contributed by atoms with Crippen molar-refractivity contribution in [2.24, 2.45) is 5.92 Å². The maximum absolute atomic E-state index is 5.73. The van der Waals surface area contributed by atoms with Crippen LogP contribution in [0.3, 0.4) is 0 Å². The van der Waals surface area contributed by atoms with Crippen molar-refractivity contribution < 1.29 is 4.74 Å². The number of nitrogens with one attached hydrogen (secondary N) is 1. The minimum Gasteiger partial charge on any atom is -0.378 e. The number of pyridine rings is 1. The number of piperidine rings is 1. The van der Waals surface area contributed by atoms with Gasteiger partial charge in [0.25, 0.3) is 0 Å². The highest BCUT2D eigenvalue weighted by Crippen LogP contribution is 2.24. The maximum Gasteiger partial charge on any atom is 0.0608 e. The number of rotatable bonds is 7. The molecule has 0 unspecified atom stereocenters. The molecular weight excluding hydrogens is 262 g/mol. The summed E-state index contributed by atoms with van der Waals surface area (Å²) in [5.74, 6) is 0.678. The first-order valence-corrected chi connectivity index (χ1v) is 8.20. The molecule has 1 aromatic rings. The third kappa shape index (κ3) is 4.97. The van der Waals surface area contributed by atoms with Crippen molar-refractivity contribution in [1.82, 2.24) is 10.3 Å². The molecule has 1 aliphatic rings. The van der Waals surface area contributed by atoms with Gasteiger partial charge in [-0.15, -0.1) is 0 Å². The van der Waals surface area contributed by atoms with Gasteiger partial charge >= 0.3 is 0 Å². The molecular formula is C17H29N3O. The van der Waals surface area contributed by atoms with Gasteiger partial charge in [0.1, 0.15) is 0 Å². The van der Waals surface area contributed by atoms with E-state index in [0.29, 0.717) is 12.0 Å². The van der Waals surface area contributed by atoms with Gasteiger partial charge in [0.15, 0.2) is 0 Å². The molecule has 0 aliphatic carbocycles. The first kappa shape index (κ1) is 16.2. The molecule has 1 aliphatic heterocycles. The Kier molecular flexibility index (Phi) is 6.46. The highest BCUT2D eigenvalue weighted by molar-refractivity contribution is 5.52. The summed E-state index contributed by atoms with van der Waals surface area (Å²) >= 11 is 0. The third-order valence-electron chi connectivity index (χ3n) is 3.94. The van der Waals surface area contributed by atoms with Crippen LogP contribution in [-0.4, -0.2) is 37.3 Å². The number of aromatic nitrogens is 1. The predicted molar refractivity (Wildman–Crippen MR) is 87.6 cm³/mol. The van der Waals surface area contributed by atoms with Gasteiger partial charge in [0, 0.05) is 32.4 Å². The monoisotopic (exact) mass is 291 g/mol. The van der Waals surface area contributed by atoms with E-state index in [9.17, 15) is 0 Å². The van der Waals surface area contributed by atoms with Crippen molar-refractivity contribution in [3.63, 3.8) is 0 Å². The summed E-state index contributed by atoms with van der Waals surface area (Å²) in [5.41, 5.74) is 2.63. The van der Waals surface area contributed by atoms with Crippen LogP contribution in [0.25, 0.3) is 0 Å². The standard InChI is InChI=1S/C17H29N3O/c1-4-21-16-6-9-20(10-7-16)17-13-18-8-5-15(17)12-19-11-14(2)3/h5,8,13-14,16,19H,4,6-7,9-12H2,1-3H3. The maximum atomic E-state index is 5.73. The topological polar surface area (TPSA) is 37.4 Å². The molecule has 4 nitrogen and oxygen atoms in total. The second kappa shape index (κ2) is 8.35. The van der Waals surface area contributed by atoms with Crippen molar-refractivity contribution in [1.29, 1.82) is 0 Å². The fraction of sp³-hybridized carbons (Fsp3) is 0.706. The summed E-state index contributed by atoms with van der Waals surface area (Å²) in [5, 5.41) is 3.53. The number of ether oxygens (including phenoxy) is 1. The molecule has 0 saturated carbocycles. The SMILES string of the molecule is CCOC1CCN(c2cnccc2CNCC(C)C)CC1. The van der Waals surface area contributed by atoms with Crippen LogP contribution in [0.4, 0.5) is 5.69 Å². The van der Waals surface area contributed by atoms with Crippen LogP contribution in [-0.2, 0) is 11.3 Å². The fourth-order valence-corrected chi connectivity index (χ4v) is 2.84. The van der Waals surface area contributed by atoms with E-state index in [-0.39, 0.29) is 0 Å². The molecule has 1 saturated heterocycles. The molecule has 2 rings (SSSR count). The lowest BCUT2D eigenvalue weighted by molar-refractivity contribution is 0.0459. The molecule has 2 heterocycles. The Labute approximate surface area is 128 Å². The van der Waals surface area contributed by atoms with Crippen molar-refractivity contribution in [2.45, 2.75) is 46.3 Å². The van der Waals surface area contributed by atoms with Gasteiger partial charge in [-0.05, 0) is 43.9 Å². The lowest BCUT2D eigenvalue weighted by Crippen LogP contribution is -2.38. The van der Waals surface area contributed by atoms with Gasteiger partial charge in [-0.2, -0.15) is 0 Å². The highest BCUT2D eigenvalue weighted by atomic mass is 16.5. The van der Waals surface area contributed by atoms with Crippen LogP contribution >= 0.6 is 0 Å². The molecule has 1 fully saturated rings. The summed E-state index contributed by atoms with van der Waals surface area (Å²) in [6, 6.07) is 2.14. The first-order valence-electron chi connectivity index (χ1n) is 8.20. The fourth-order valence-electron chi connectivity index (χ4n) is 2.84. The minimum atomic E-state index is 0.436. The average Bonchev–Trinajstić information content (AvgIpc) is 2.49. The molecule has 0 radical (unpaired) electrons. The summed E-state index contributed by atoms with van der Waals surface area (Å²) in [4.78, 5) is 6.77. The van der Waals surface area contributed by atoms with Gasteiger partial charge in [0.05, 0.1) is 18.0 Å². The van der Waals surface area contributed by atoms with Crippen LogP contribution in [0, 0.1) is 5.92 Å². The quantitative estimate of drug-likeness (QED) is 0.838. The van der Waals surface area contributed by atoms with Crippen LogP contribution < -0.4 is 10.2 Å². The van der Waals surface area contributed by atoms with Crippen molar-refractivity contribution in [2.75, 3.05) is 31.1 Å². The molecule has 1 aromatic heterocycles. The smallest absolute Gasteiger partial charge is 0.0608 e. The Morgan fingerprint density at radius 2 is 2.14 bits per heavy atom. The van der Waals surface area contributed by atoms with Gasteiger partial charge < -0.3 is 15.0 Å². The molecule has 1 N–H and O–H groups in total. The lowest BCUT2D eigenvalue weighted by Gasteiger charge is -2.34. The Morgan fingerprint density at radius 3 is 2.81 bits per heavy atom. The number of hydrogen-bond acceptors (Lipinski definition) is 4. The number of hydrogen-bond donors (Lipinski definition) is 1. The van der Waals surface area contributed by atoms with Crippen molar-refractivity contribution in [3.8, 4) is 0 Å². The average molecular weight is 291 g/mol. The van der Waals surface area contributed by atoms with E-state index in [1.807, 2.05) is 12.4 Å². The molecule has 118 valence electrons. The molecule has 21 heavy (non-hydrogen) atoms. The van der Waals surface area contributed by atoms with Crippen LogP contribution in [0.2, 0.25) is 0 Å². The van der Waals surface area contributed by atoms with E-state index in [1.165, 1.54) is 11.3 Å². The largest absolute Gasteiger partial charge is 0.378 e. The third-order valence-corrected chi connectivity index (χ3v) is 3.94. The van der Waals surface area contributed by atoms with Gasteiger partial charge in [-0.3, -0.25) is 4.98 Å². The molecule has 4 heteroatoms. The summed E-state index contributed by atoms with van der Waals surface area (Å²) in [6.07, 6.45) is 6.56. The molecule has 0 atom stereocenters. The van der Waals surface area contributed by atoms with Crippen LogP contribution in [0.1, 0.15) is 39.2 Å². The predicted octanol–water partition coefficient (Wildman–Crippen LogP) is 2.83. The van der Waals surface area contributed by atoms with Gasteiger partial charge in [-0.1, -0.05) is 13.8 Å². The number of anilines is 1. The Hall–Kier alpha value is -1.13. The molecule has 0 spiro atoms. The second-order valence-electron chi connectivity index (χ2n) is 6.17. The highest BCUT2D eigenvalue weighted by Gasteiger charge is 2.21. The molecule has 0 bridgehead atoms. The minimum absolute atomic E-state index is 0.436. The summed E-state index contributed by atoms with van der Waals surface area (Å²) in [7, 11) is 0. The summed E-state index contributed by atoms with van der Waals surface area (Å²) in [6.45, 7) is 11.5. The zero-order valence-electron chi connectivity index (χ0n) is 13.6. The summed E-state index contributed by atoms with van der Waals surface area (Å²) < 4.78 is 5.73. The van der Waals surface area contributed by atoms with Crippen molar-refractivity contribution >= 4 is 5.69 Å². The zero-order valence-corrected chi connectivity index (χ0v) is 13.6. The van der Waals surface area contributed by atoms with Gasteiger partial charge in [-0.25, -0.2) is 0 Å². The molecule has 0 aromatic carbocycles. The van der Waals surface area contributed by atoms with E-state index in [4.69, 9.17) is 4.74 Å². The van der Waals surface area contributed by atoms with Crippen LogP contribution in [0.5, 0.6) is 0 Å². The first-order chi connectivity index (χ1) is 10.2. The second-order valence-corrected chi connectivity index (χ2v) is 6.17. The van der Waals surface area contributed by atoms with Crippen molar-refractivity contribution in [3.05, 3.63) is 24.0 Å². The van der Waals surface area contributed by atoms with E-state index < -0.39 is 0 Å². The lowest BCUT2D eigenvalue weighted by atomic mass is 10.1. The Morgan fingerprint density at radius 1 is 1.38 bits per heavy atom. The van der Waals surface area contributed by atoms with E-state index >= 15 is 0 Å². The normalized spacial score (nSPS) is 16.7. The van der Waals surface area contributed by atoms with Crippen LogP contribution in [0.15, 0.2) is 18.5 Å². The van der Waals surface area contributed by atoms with E-state index in [0.717, 1.165) is 45.6 Å². The Balaban J connectivity index is 1.93. The van der Waals surface area contributed by atoms with Gasteiger partial charge in [0.2, 0.25) is 0 Å². The van der Waals surface area contributed by atoms with E-state index in [1.54, 1.807) is 0 Å². The number of nitrogens with zero attached hydrogens (tertiary/aromatic N) is 2. The molecule has 0 amide bonds. The van der Waals surface area contributed by atoms with E-state index in [2.05, 4.69) is 42.0 Å². The zero-order chi connectivity index (χ0) is 15.1.